The highest BCUT2D eigenvalue weighted by Gasteiger charge is 2.30. The van der Waals surface area contributed by atoms with Crippen LogP contribution >= 0.6 is 11.6 Å². The molecule has 0 unspecified atom stereocenters. The zero-order valence-corrected chi connectivity index (χ0v) is 12.5. The van der Waals surface area contributed by atoms with Crippen molar-refractivity contribution in [3.8, 4) is 0 Å². The molecule has 114 valence electrons. The molecule has 0 aromatic carbocycles. The van der Waals surface area contributed by atoms with Crippen LogP contribution in [0.15, 0.2) is 12.3 Å². The van der Waals surface area contributed by atoms with Crippen molar-refractivity contribution >= 4 is 23.2 Å². The van der Waals surface area contributed by atoms with Crippen molar-refractivity contribution in [3.63, 3.8) is 0 Å². The average Bonchev–Trinajstić information content (AvgIpc) is 2.48. The van der Waals surface area contributed by atoms with Gasteiger partial charge in [0, 0.05) is 12.6 Å². The van der Waals surface area contributed by atoms with Gasteiger partial charge in [-0.25, -0.2) is 4.98 Å². The quantitative estimate of drug-likeness (QED) is 0.521. The Hall–Kier alpha value is -1.73. The summed E-state index contributed by atoms with van der Waals surface area (Å²) in [4.78, 5) is 28.5. The molecule has 0 spiro atoms. The van der Waals surface area contributed by atoms with E-state index in [-0.39, 0.29) is 28.4 Å². The minimum atomic E-state index is -0.604. The van der Waals surface area contributed by atoms with Gasteiger partial charge in [-0.1, -0.05) is 11.6 Å². The molecule has 1 aliphatic rings. The molecule has 21 heavy (non-hydrogen) atoms. The standard InChI is InChI=1S/C13H17ClN4O3/c1-2-17(9-3-5-15-6-4-9)13(19)10-7-12(14)16-8-11(10)18(20)21/h7-9,15H,2-6H2,1H3. The number of aromatic nitrogens is 1. The third-order valence-electron chi connectivity index (χ3n) is 3.63. The van der Waals surface area contributed by atoms with Gasteiger partial charge in [0.1, 0.15) is 16.9 Å². The van der Waals surface area contributed by atoms with Crippen LogP contribution in [-0.4, -0.2) is 46.4 Å². The number of amides is 1. The van der Waals surface area contributed by atoms with E-state index in [2.05, 4.69) is 10.3 Å². The Balaban J connectivity index is 2.32. The first-order valence-electron chi connectivity index (χ1n) is 6.86. The second-order valence-corrected chi connectivity index (χ2v) is 5.24. The summed E-state index contributed by atoms with van der Waals surface area (Å²) in [6.45, 7) is 4.05. The number of hydrogen-bond acceptors (Lipinski definition) is 5. The molecule has 7 nitrogen and oxygen atoms in total. The van der Waals surface area contributed by atoms with E-state index in [1.54, 1.807) is 4.90 Å². The third-order valence-corrected chi connectivity index (χ3v) is 3.83. The smallest absolute Gasteiger partial charge is 0.300 e. The fraction of sp³-hybridized carbons (Fsp3) is 0.538. The summed E-state index contributed by atoms with van der Waals surface area (Å²) in [6, 6.07) is 1.36. The van der Waals surface area contributed by atoms with Crippen molar-refractivity contribution in [2.75, 3.05) is 19.6 Å². The second kappa shape index (κ2) is 6.82. The third kappa shape index (κ3) is 3.48. The van der Waals surface area contributed by atoms with Gasteiger partial charge < -0.3 is 10.2 Å². The van der Waals surface area contributed by atoms with Crippen LogP contribution in [0.3, 0.4) is 0 Å². The van der Waals surface area contributed by atoms with Crippen LogP contribution in [0.25, 0.3) is 0 Å². The molecule has 1 aromatic rings. The van der Waals surface area contributed by atoms with Crippen LogP contribution < -0.4 is 5.32 Å². The predicted octanol–water partition coefficient (Wildman–Crippen LogP) is 1.86. The Labute approximate surface area is 127 Å². The van der Waals surface area contributed by atoms with Gasteiger partial charge in [-0.2, -0.15) is 0 Å². The summed E-state index contributed by atoms with van der Waals surface area (Å²) in [5.41, 5.74) is -0.308. The van der Waals surface area contributed by atoms with Crippen molar-refractivity contribution < 1.29 is 9.72 Å². The van der Waals surface area contributed by atoms with E-state index in [1.165, 1.54) is 6.07 Å². The van der Waals surface area contributed by atoms with Crippen LogP contribution in [0.1, 0.15) is 30.1 Å². The summed E-state index contributed by atoms with van der Waals surface area (Å²) in [7, 11) is 0. The number of pyridine rings is 1. The molecule has 0 atom stereocenters. The topological polar surface area (TPSA) is 88.4 Å². The largest absolute Gasteiger partial charge is 0.336 e. The molecule has 2 rings (SSSR count). The van der Waals surface area contributed by atoms with Crippen LogP contribution in [0.2, 0.25) is 5.15 Å². The van der Waals surface area contributed by atoms with Gasteiger partial charge >= 0.3 is 0 Å². The van der Waals surface area contributed by atoms with Crippen molar-refractivity contribution in [1.82, 2.24) is 15.2 Å². The monoisotopic (exact) mass is 312 g/mol. The number of nitro groups is 1. The number of piperidine rings is 1. The van der Waals surface area contributed by atoms with Crippen LogP contribution in [-0.2, 0) is 0 Å². The number of nitrogens with zero attached hydrogens (tertiary/aromatic N) is 3. The molecular formula is C13H17ClN4O3. The number of nitrogens with one attached hydrogen (secondary N) is 1. The molecule has 1 amide bonds. The molecule has 1 N–H and O–H groups in total. The van der Waals surface area contributed by atoms with Gasteiger partial charge in [-0.15, -0.1) is 0 Å². The van der Waals surface area contributed by atoms with Crippen LogP contribution in [0, 0.1) is 10.1 Å². The predicted molar refractivity (Wildman–Crippen MR) is 78.5 cm³/mol. The highest BCUT2D eigenvalue weighted by atomic mass is 35.5. The van der Waals surface area contributed by atoms with Gasteiger partial charge in [0.05, 0.1) is 4.92 Å². The number of halogens is 1. The maximum atomic E-state index is 12.7. The Bertz CT molecular complexity index is 546. The maximum Gasteiger partial charge on any atom is 0.300 e. The van der Waals surface area contributed by atoms with Gasteiger partial charge in [0.15, 0.2) is 0 Å². The Kier molecular flexibility index (Phi) is 5.08. The Morgan fingerprint density at radius 2 is 2.24 bits per heavy atom. The first kappa shape index (κ1) is 15.7. The minimum Gasteiger partial charge on any atom is -0.336 e. The van der Waals surface area contributed by atoms with Crippen molar-refractivity contribution in [2.45, 2.75) is 25.8 Å². The lowest BCUT2D eigenvalue weighted by Crippen LogP contribution is -2.46. The van der Waals surface area contributed by atoms with Crippen molar-refractivity contribution in [2.24, 2.45) is 0 Å². The van der Waals surface area contributed by atoms with Crippen LogP contribution in [0.4, 0.5) is 5.69 Å². The fourth-order valence-electron chi connectivity index (χ4n) is 2.58. The highest BCUT2D eigenvalue weighted by Crippen LogP contribution is 2.24. The molecule has 8 heteroatoms. The maximum absolute atomic E-state index is 12.7. The highest BCUT2D eigenvalue weighted by molar-refractivity contribution is 6.29. The van der Waals surface area contributed by atoms with Gasteiger partial charge in [0.2, 0.25) is 0 Å². The molecule has 0 bridgehead atoms. The number of rotatable bonds is 4. The molecular weight excluding hydrogens is 296 g/mol. The second-order valence-electron chi connectivity index (χ2n) is 4.85. The van der Waals surface area contributed by atoms with Gasteiger partial charge in [0.25, 0.3) is 11.6 Å². The summed E-state index contributed by atoms with van der Waals surface area (Å²) >= 11 is 5.78. The van der Waals surface area contributed by atoms with E-state index in [0.717, 1.165) is 32.1 Å². The van der Waals surface area contributed by atoms with E-state index >= 15 is 0 Å². The molecule has 1 fully saturated rings. The van der Waals surface area contributed by atoms with E-state index in [0.29, 0.717) is 6.54 Å². The summed E-state index contributed by atoms with van der Waals surface area (Å²) in [5, 5.41) is 14.4. The van der Waals surface area contributed by atoms with Gasteiger partial charge in [-0.3, -0.25) is 14.9 Å². The zero-order valence-electron chi connectivity index (χ0n) is 11.7. The summed E-state index contributed by atoms with van der Waals surface area (Å²) in [5.74, 6) is -0.361. The lowest BCUT2D eigenvalue weighted by atomic mass is 10.0. The average molecular weight is 313 g/mol. The minimum absolute atomic E-state index is 0.000354. The zero-order chi connectivity index (χ0) is 15.4. The lowest BCUT2D eigenvalue weighted by molar-refractivity contribution is -0.385. The first-order chi connectivity index (χ1) is 10.0. The molecule has 1 aromatic heterocycles. The molecule has 0 saturated carbocycles. The van der Waals surface area contributed by atoms with Crippen molar-refractivity contribution in [3.05, 3.63) is 33.1 Å². The van der Waals surface area contributed by atoms with E-state index < -0.39 is 4.92 Å². The molecule has 1 saturated heterocycles. The SMILES string of the molecule is CCN(C(=O)c1cc(Cl)ncc1[N+](=O)[O-])C1CCNCC1. The number of hydrogen-bond donors (Lipinski definition) is 1. The Morgan fingerprint density at radius 3 is 2.81 bits per heavy atom. The normalized spacial score (nSPS) is 15.7. The fourth-order valence-corrected chi connectivity index (χ4v) is 2.74. The lowest BCUT2D eigenvalue weighted by Gasteiger charge is -2.33. The Morgan fingerprint density at radius 1 is 1.57 bits per heavy atom. The van der Waals surface area contributed by atoms with Gasteiger partial charge in [-0.05, 0) is 38.9 Å². The number of carbonyl (C=O) groups is 1. The van der Waals surface area contributed by atoms with E-state index in [1.807, 2.05) is 6.92 Å². The molecule has 2 heterocycles. The number of carbonyl (C=O) groups excluding carboxylic acids is 1. The van der Waals surface area contributed by atoms with Crippen molar-refractivity contribution in [1.29, 1.82) is 0 Å². The summed E-state index contributed by atoms with van der Waals surface area (Å²) < 4.78 is 0. The molecule has 1 aliphatic heterocycles. The summed E-state index contributed by atoms with van der Waals surface area (Å²) in [6.07, 6.45) is 2.71. The molecule has 0 radical (unpaired) electrons. The van der Waals surface area contributed by atoms with E-state index in [9.17, 15) is 14.9 Å². The van der Waals surface area contributed by atoms with Crippen LogP contribution in [0.5, 0.6) is 0 Å². The van der Waals surface area contributed by atoms with E-state index in [4.69, 9.17) is 11.6 Å². The molecule has 0 aliphatic carbocycles. The first-order valence-corrected chi connectivity index (χ1v) is 7.24.